The molecule has 0 atom stereocenters. The molecule has 2 aromatic carbocycles. The SMILES string of the molecule is COc1cc2c(cc1OC)CN(C(=O)CN1CCCN(c3nc4ccccc4[nH]3)CC1)CC2. The predicted molar refractivity (Wildman–Crippen MR) is 128 cm³/mol. The normalized spacial score (nSPS) is 17.0. The van der Waals surface area contributed by atoms with Crippen molar-refractivity contribution >= 4 is 22.9 Å². The van der Waals surface area contributed by atoms with Gasteiger partial charge in [0.05, 0.1) is 31.8 Å². The number of amides is 1. The summed E-state index contributed by atoms with van der Waals surface area (Å²) in [6.07, 6.45) is 1.84. The molecule has 2 aliphatic heterocycles. The highest BCUT2D eigenvalue weighted by Gasteiger charge is 2.25. The Morgan fingerprint density at radius 2 is 1.79 bits per heavy atom. The number of para-hydroxylation sites is 2. The fourth-order valence-corrected chi connectivity index (χ4v) is 4.82. The number of aromatic amines is 1. The molecule has 0 saturated carbocycles. The number of nitrogens with one attached hydrogen (secondary N) is 1. The molecular weight excluding hydrogens is 418 g/mol. The molecule has 1 fully saturated rings. The molecule has 0 aliphatic carbocycles. The highest BCUT2D eigenvalue weighted by atomic mass is 16.5. The number of nitrogens with zero attached hydrogens (tertiary/aromatic N) is 4. The van der Waals surface area contributed by atoms with E-state index in [0.29, 0.717) is 18.8 Å². The van der Waals surface area contributed by atoms with E-state index in [-0.39, 0.29) is 5.91 Å². The summed E-state index contributed by atoms with van der Waals surface area (Å²) >= 11 is 0. The quantitative estimate of drug-likeness (QED) is 0.646. The van der Waals surface area contributed by atoms with Crippen LogP contribution < -0.4 is 14.4 Å². The Balaban J connectivity index is 1.20. The monoisotopic (exact) mass is 449 g/mol. The molecule has 1 aromatic heterocycles. The van der Waals surface area contributed by atoms with Gasteiger partial charge in [0.25, 0.3) is 0 Å². The van der Waals surface area contributed by atoms with Crippen molar-refractivity contribution in [3.05, 3.63) is 47.5 Å². The van der Waals surface area contributed by atoms with Crippen LogP contribution in [0.4, 0.5) is 5.95 Å². The van der Waals surface area contributed by atoms with Crippen molar-refractivity contribution < 1.29 is 14.3 Å². The first kappa shape index (κ1) is 21.6. The lowest BCUT2D eigenvalue weighted by molar-refractivity contribution is -0.133. The molecule has 3 aromatic rings. The van der Waals surface area contributed by atoms with E-state index in [1.54, 1.807) is 14.2 Å². The number of carbonyl (C=O) groups excluding carboxylic acids is 1. The lowest BCUT2D eigenvalue weighted by Gasteiger charge is -2.31. The second-order valence-corrected chi connectivity index (χ2v) is 8.74. The zero-order valence-corrected chi connectivity index (χ0v) is 19.3. The van der Waals surface area contributed by atoms with Crippen molar-refractivity contribution in [3.8, 4) is 11.5 Å². The largest absolute Gasteiger partial charge is 0.493 e. The Kier molecular flexibility index (Phi) is 6.09. The molecule has 0 bridgehead atoms. The van der Waals surface area contributed by atoms with E-state index >= 15 is 0 Å². The number of rotatable bonds is 5. The van der Waals surface area contributed by atoms with Gasteiger partial charge in [0.2, 0.25) is 11.9 Å². The van der Waals surface area contributed by atoms with Gasteiger partial charge in [-0.05, 0) is 48.2 Å². The third-order valence-electron chi connectivity index (χ3n) is 6.69. The van der Waals surface area contributed by atoms with Gasteiger partial charge in [0.1, 0.15) is 0 Å². The molecule has 8 heteroatoms. The lowest BCUT2D eigenvalue weighted by Crippen LogP contribution is -2.43. The molecule has 0 unspecified atom stereocenters. The molecule has 8 nitrogen and oxygen atoms in total. The van der Waals surface area contributed by atoms with E-state index in [1.807, 2.05) is 35.2 Å². The topological polar surface area (TPSA) is 73.9 Å². The first-order valence-electron chi connectivity index (χ1n) is 11.6. The number of fused-ring (bicyclic) bond motifs is 2. The van der Waals surface area contributed by atoms with E-state index in [2.05, 4.69) is 20.9 Å². The van der Waals surface area contributed by atoms with Crippen LogP contribution in [0.5, 0.6) is 11.5 Å². The van der Waals surface area contributed by atoms with Gasteiger partial charge in [-0.1, -0.05) is 12.1 Å². The number of aromatic nitrogens is 2. The number of methoxy groups -OCH3 is 2. The third-order valence-corrected chi connectivity index (χ3v) is 6.69. The minimum atomic E-state index is 0.188. The summed E-state index contributed by atoms with van der Waals surface area (Å²) in [6.45, 7) is 5.36. The van der Waals surface area contributed by atoms with Gasteiger partial charge < -0.3 is 24.3 Å². The maximum atomic E-state index is 13.1. The fraction of sp³-hybridized carbons (Fsp3) is 0.440. The second-order valence-electron chi connectivity index (χ2n) is 8.74. The van der Waals surface area contributed by atoms with E-state index < -0.39 is 0 Å². The number of benzene rings is 2. The van der Waals surface area contributed by atoms with Crippen LogP contribution in [-0.2, 0) is 17.8 Å². The maximum Gasteiger partial charge on any atom is 0.237 e. The van der Waals surface area contributed by atoms with Crippen molar-refractivity contribution in [2.75, 3.05) is 58.4 Å². The van der Waals surface area contributed by atoms with Crippen molar-refractivity contribution in [2.24, 2.45) is 0 Å². The zero-order valence-electron chi connectivity index (χ0n) is 19.3. The van der Waals surface area contributed by atoms with Gasteiger partial charge in [-0.15, -0.1) is 0 Å². The highest BCUT2D eigenvalue weighted by molar-refractivity contribution is 5.79. The molecule has 2 aliphatic rings. The van der Waals surface area contributed by atoms with Crippen molar-refractivity contribution in [2.45, 2.75) is 19.4 Å². The minimum Gasteiger partial charge on any atom is -0.493 e. The van der Waals surface area contributed by atoms with Crippen LogP contribution >= 0.6 is 0 Å². The summed E-state index contributed by atoms with van der Waals surface area (Å²) in [5.41, 5.74) is 4.42. The molecular formula is C25H31N5O3. The van der Waals surface area contributed by atoms with Gasteiger partial charge in [0, 0.05) is 39.3 Å². The van der Waals surface area contributed by atoms with Gasteiger partial charge in [-0.25, -0.2) is 4.98 Å². The molecule has 0 spiro atoms. The summed E-state index contributed by atoms with van der Waals surface area (Å²) in [6, 6.07) is 12.2. The molecule has 1 N–H and O–H groups in total. The zero-order chi connectivity index (χ0) is 22.8. The average Bonchev–Trinajstić information content (AvgIpc) is 3.15. The number of imidazole rings is 1. The van der Waals surface area contributed by atoms with E-state index in [1.165, 1.54) is 5.56 Å². The van der Waals surface area contributed by atoms with Gasteiger partial charge in [0.15, 0.2) is 11.5 Å². The van der Waals surface area contributed by atoms with E-state index in [4.69, 9.17) is 14.5 Å². The molecule has 5 rings (SSSR count). The molecule has 33 heavy (non-hydrogen) atoms. The molecule has 1 amide bonds. The summed E-state index contributed by atoms with van der Waals surface area (Å²) in [4.78, 5) is 27.8. The van der Waals surface area contributed by atoms with Gasteiger partial charge >= 0.3 is 0 Å². The molecule has 0 radical (unpaired) electrons. The fourth-order valence-electron chi connectivity index (χ4n) is 4.82. The average molecular weight is 450 g/mol. The number of hydrogen-bond donors (Lipinski definition) is 1. The summed E-state index contributed by atoms with van der Waals surface area (Å²) < 4.78 is 10.9. The minimum absolute atomic E-state index is 0.188. The standard InChI is InChI=1S/C25H31N5O3/c1-32-22-14-18-8-11-30(16-19(18)15-23(22)33-2)24(31)17-28-9-5-10-29(13-12-28)25-26-20-6-3-4-7-21(20)27-25/h3-4,6-7,14-15H,5,8-13,16-17H2,1-2H3,(H,26,27). The van der Waals surface area contributed by atoms with E-state index in [0.717, 1.165) is 73.9 Å². The first-order chi connectivity index (χ1) is 16.1. The van der Waals surface area contributed by atoms with Crippen LogP contribution in [0.3, 0.4) is 0 Å². The Labute approximate surface area is 194 Å². The van der Waals surface area contributed by atoms with E-state index in [9.17, 15) is 4.79 Å². The van der Waals surface area contributed by atoms with Crippen molar-refractivity contribution in [1.82, 2.24) is 19.8 Å². The van der Waals surface area contributed by atoms with Crippen LogP contribution in [0, 0.1) is 0 Å². The Morgan fingerprint density at radius 3 is 2.58 bits per heavy atom. The van der Waals surface area contributed by atoms with Crippen LogP contribution in [-0.4, -0.2) is 79.2 Å². The van der Waals surface area contributed by atoms with Gasteiger partial charge in [-0.3, -0.25) is 9.69 Å². The number of hydrogen-bond acceptors (Lipinski definition) is 6. The molecule has 1 saturated heterocycles. The first-order valence-corrected chi connectivity index (χ1v) is 11.6. The predicted octanol–water partition coefficient (Wildman–Crippen LogP) is 2.68. The van der Waals surface area contributed by atoms with Crippen LogP contribution in [0.15, 0.2) is 36.4 Å². The number of H-pyrrole nitrogens is 1. The van der Waals surface area contributed by atoms with Crippen LogP contribution in [0.1, 0.15) is 17.5 Å². The summed E-state index contributed by atoms with van der Waals surface area (Å²) in [5, 5.41) is 0. The molecule has 3 heterocycles. The Bertz CT molecular complexity index is 1110. The Morgan fingerprint density at radius 1 is 1.00 bits per heavy atom. The van der Waals surface area contributed by atoms with Crippen LogP contribution in [0.2, 0.25) is 0 Å². The van der Waals surface area contributed by atoms with Crippen molar-refractivity contribution in [3.63, 3.8) is 0 Å². The summed E-state index contributed by atoms with van der Waals surface area (Å²) in [5.74, 6) is 2.56. The summed E-state index contributed by atoms with van der Waals surface area (Å²) in [7, 11) is 3.30. The van der Waals surface area contributed by atoms with Gasteiger partial charge in [-0.2, -0.15) is 0 Å². The lowest BCUT2D eigenvalue weighted by atomic mass is 9.98. The number of ether oxygens (including phenoxy) is 2. The highest BCUT2D eigenvalue weighted by Crippen LogP contribution is 2.33. The smallest absolute Gasteiger partial charge is 0.237 e. The Hall–Kier alpha value is -3.26. The second kappa shape index (κ2) is 9.31. The number of anilines is 1. The maximum absolute atomic E-state index is 13.1. The van der Waals surface area contributed by atoms with Crippen LogP contribution in [0.25, 0.3) is 11.0 Å². The molecule has 174 valence electrons. The van der Waals surface area contributed by atoms with Crippen molar-refractivity contribution in [1.29, 1.82) is 0 Å². The third kappa shape index (κ3) is 4.48. The number of carbonyl (C=O) groups is 1.